The lowest BCUT2D eigenvalue weighted by Gasteiger charge is -2.32. The van der Waals surface area contributed by atoms with Gasteiger partial charge in [-0.2, -0.15) is 4.98 Å². The van der Waals surface area contributed by atoms with Crippen LogP contribution in [0.1, 0.15) is 70.8 Å². The normalized spacial score (nSPS) is 36.3. The lowest BCUT2D eigenvalue weighted by molar-refractivity contribution is 0.0739. The van der Waals surface area contributed by atoms with E-state index in [4.69, 9.17) is 19.4 Å². The van der Waals surface area contributed by atoms with Gasteiger partial charge in [0.25, 0.3) is 5.91 Å². The lowest BCUT2D eigenvalue weighted by Crippen LogP contribution is -2.36. The number of rotatable bonds is 4. The largest absolute Gasteiger partial charge is 0.393 e. The highest BCUT2D eigenvalue weighted by atomic mass is 16.3. The van der Waals surface area contributed by atoms with Crippen LogP contribution in [0.3, 0.4) is 0 Å². The fraction of sp³-hybridized carbons (Fsp3) is 0.688. The molecule has 1 aliphatic rings. The maximum atomic E-state index is 11.8. The monoisotopic (exact) mass is 331 g/mol. The second-order valence-corrected chi connectivity index (χ2v) is 5.71. The van der Waals surface area contributed by atoms with Crippen molar-refractivity contribution in [2.75, 3.05) is 10.6 Å². The Balaban J connectivity index is 2.53. The first kappa shape index (κ1) is 8.28. The molecule has 0 radical (unpaired) electrons. The summed E-state index contributed by atoms with van der Waals surface area (Å²) in [6.45, 7) is -8.89. The fourth-order valence-electron chi connectivity index (χ4n) is 2.39. The van der Waals surface area contributed by atoms with Gasteiger partial charge in [0.1, 0.15) is 5.82 Å². The van der Waals surface area contributed by atoms with Crippen molar-refractivity contribution in [3.05, 3.63) is 11.8 Å². The number of nitrogens with two attached hydrogens (primary N) is 1. The molecule has 0 aliphatic heterocycles. The van der Waals surface area contributed by atoms with E-state index in [1.807, 2.05) is 5.32 Å². The molecule has 7 heteroatoms. The molecule has 0 bridgehead atoms. The molecule has 1 amide bonds. The highest BCUT2D eigenvalue weighted by Crippen LogP contribution is 2.27. The molecule has 1 aromatic heterocycles. The van der Waals surface area contributed by atoms with Crippen LogP contribution < -0.4 is 16.4 Å². The quantitative estimate of drug-likeness (QED) is 0.668. The maximum absolute atomic E-state index is 11.8. The van der Waals surface area contributed by atoms with Gasteiger partial charge in [-0.25, -0.2) is 4.98 Å². The third kappa shape index (κ3) is 4.79. The van der Waals surface area contributed by atoms with E-state index in [0.717, 1.165) is 6.20 Å². The van der Waals surface area contributed by atoms with Crippen LogP contribution in [0.4, 0.5) is 11.8 Å². The molecule has 1 heterocycles. The van der Waals surface area contributed by atoms with Gasteiger partial charge < -0.3 is 21.5 Å². The van der Waals surface area contributed by atoms with Crippen molar-refractivity contribution in [3.8, 4) is 0 Å². The minimum absolute atomic E-state index is 0.0249. The lowest BCUT2D eigenvalue weighted by atomic mass is 9.85. The van der Waals surface area contributed by atoms with E-state index >= 15 is 0 Å². The number of carbonyl (C=O) groups is 1. The second-order valence-electron chi connectivity index (χ2n) is 5.71. The molecule has 2 rings (SSSR count). The molecule has 0 aromatic carbocycles. The summed E-state index contributed by atoms with van der Waals surface area (Å²) in [5, 5.41) is 15.1. The molecule has 1 saturated carbocycles. The summed E-state index contributed by atoms with van der Waals surface area (Å²) in [6, 6.07) is -0.526. The van der Waals surface area contributed by atoms with E-state index in [-0.39, 0.29) is 23.7 Å². The summed E-state index contributed by atoms with van der Waals surface area (Å²) in [4.78, 5) is 19.5. The molecule has 7 nitrogen and oxygen atoms in total. The third-order valence-corrected chi connectivity index (χ3v) is 3.67. The van der Waals surface area contributed by atoms with Crippen molar-refractivity contribution in [1.82, 2.24) is 9.97 Å². The van der Waals surface area contributed by atoms with Gasteiger partial charge in [-0.15, -0.1) is 0 Å². The minimum atomic E-state index is -3.54. The topological polar surface area (TPSA) is 113 Å². The van der Waals surface area contributed by atoms with Crippen molar-refractivity contribution in [1.29, 1.82) is 0 Å². The molecule has 3 atom stereocenters. The fourth-order valence-corrected chi connectivity index (χ4v) is 2.39. The maximum Gasteiger partial charge on any atom is 0.254 e. The van der Waals surface area contributed by atoms with Crippen LogP contribution >= 0.6 is 0 Å². The Morgan fingerprint density at radius 2 is 2.26 bits per heavy atom. The van der Waals surface area contributed by atoms with Gasteiger partial charge in [-0.05, 0) is 45.7 Å². The molecule has 5 N–H and O–H groups in total. The van der Waals surface area contributed by atoms with Gasteiger partial charge in [0.05, 0.1) is 13.0 Å². The average Bonchev–Trinajstić information content (AvgIpc) is 2.59. The molecule has 3 unspecified atom stereocenters. The molecule has 1 aromatic rings. The van der Waals surface area contributed by atoms with Crippen LogP contribution in [0.5, 0.6) is 0 Å². The molecular weight excluding hydrogens is 294 g/mol. The standard InChI is InChI=1S/C16H27N5O2/c1-9-5-6-10(7-12(9)22)19-14-11(13(17)23)8-18-15(20-14)21-16(2,3)4/h8-10,12,22H,5-7H2,1-4H3,(H2,17,23)(H2,18,19,20,21)/i2D3,3D3,4D3,12D. The number of nitrogens with one attached hydrogen (secondary N) is 2. The number of anilines is 2. The van der Waals surface area contributed by atoms with Crippen LogP contribution in [0.2, 0.25) is 0 Å². The molecule has 128 valence electrons. The molecule has 1 fully saturated rings. The zero-order chi connectivity index (χ0) is 25.6. The first-order chi connectivity index (χ1) is 14.7. The van der Waals surface area contributed by atoms with E-state index < -0.39 is 50.1 Å². The van der Waals surface area contributed by atoms with Crippen LogP contribution in [-0.2, 0) is 0 Å². The Bertz CT molecular complexity index is 848. The van der Waals surface area contributed by atoms with Crippen molar-refractivity contribution >= 4 is 17.7 Å². The van der Waals surface area contributed by atoms with Crippen LogP contribution in [-0.4, -0.2) is 38.6 Å². The smallest absolute Gasteiger partial charge is 0.254 e. The second kappa shape index (κ2) is 6.70. The summed E-state index contributed by atoms with van der Waals surface area (Å²) >= 11 is 0. The third-order valence-electron chi connectivity index (χ3n) is 3.67. The molecule has 1 aliphatic carbocycles. The zero-order valence-electron chi connectivity index (χ0n) is 22.7. The van der Waals surface area contributed by atoms with E-state index in [0.29, 0.717) is 12.8 Å². The average molecular weight is 331 g/mol. The number of aliphatic hydroxyl groups is 1. The molecule has 0 spiro atoms. The summed E-state index contributed by atoms with van der Waals surface area (Å²) < 4.78 is 77.2. The number of nitrogens with zero attached hydrogens (tertiary/aromatic N) is 2. The minimum Gasteiger partial charge on any atom is -0.393 e. The Morgan fingerprint density at radius 1 is 1.52 bits per heavy atom. The first-order valence-corrected chi connectivity index (χ1v) is 7.17. The predicted octanol–water partition coefficient (Wildman–Crippen LogP) is 1.75. The van der Waals surface area contributed by atoms with E-state index in [2.05, 4.69) is 15.3 Å². The van der Waals surface area contributed by atoms with E-state index in [1.54, 1.807) is 6.92 Å². The number of primary amides is 1. The molecular formula is C16H27N5O2. The predicted molar refractivity (Wildman–Crippen MR) is 90.4 cm³/mol. The molecule has 23 heavy (non-hydrogen) atoms. The summed E-state index contributed by atoms with van der Waals surface area (Å²) in [5.41, 5.74) is 1.70. The number of amides is 1. The SMILES string of the molecule is [2H]C1(O)CC(Nc2nc(NC(C([2H])([2H])[2H])(C([2H])([2H])[2H])C([2H])([2H])[2H])ncc2C(N)=O)CCC1C. The van der Waals surface area contributed by atoms with Gasteiger partial charge in [0, 0.05) is 30.1 Å². The molecule has 0 saturated heterocycles. The number of carbonyl (C=O) groups excluding carboxylic acids is 1. The zero-order valence-corrected chi connectivity index (χ0v) is 12.7. The van der Waals surface area contributed by atoms with Crippen molar-refractivity contribution in [2.24, 2.45) is 11.7 Å². The van der Waals surface area contributed by atoms with Gasteiger partial charge in [-0.3, -0.25) is 4.79 Å². The van der Waals surface area contributed by atoms with Gasteiger partial charge in [-0.1, -0.05) is 6.92 Å². The number of hydrogen-bond acceptors (Lipinski definition) is 6. The van der Waals surface area contributed by atoms with Gasteiger partial charge >= 0.3 is 0 Å². The number of aromatic nitrogens is 2. The van der Waals surface area contributed by atoms with Crippen LogP contribution in [0.15, 0.2) is 6.20 Å². The highest BCUT2D eigenvalue weighted by Gasteiger charge is 2.27. The Labute approximate surface area is 151 Å². The van der Waals surface area contributed by atoms with Crippen molar-refractivity contribution < 1.29 is 23.6 Å². The Hall–Kier alpha value is -1.89. The van der Waals surface area contributed by atoms with Crippen LogP contribution in [0, 0.1) is 5.92 Å². The van der Waals surface area contributed by atoms with E-state index in [1.165, 1.54) is 0 Å². The van der Waals surface area contributed by atoms with Gasteiger partial charge in [0.15, 0.2) is 0 Å². The Kier molecular flexibility index (Phi) is 2.41. The summed E-state index contributed by atoms with van der Waals surface area (Å²) in [7, 11) is 0. The summed E-state index contributed by atoms with van der Waals surface area (Å²) in [6.07, 6.45) is 0.123. The van der Waals surface area contributed by atoms with Crippen molar-refractivity contribution in [3.63, 3.8) is 0 Å². The Morgan fingerprint density at radius 3 is 2.87 bits per heavy atom. The number of hydrogen-bond donors (Lipinski definition) is 4. The van der Waals surface area contributed by atoms with Gasteiger partial charge in [0.2, 0.25) is 5.95 Å². The van der Waals surface area contributed by atoms with Crippen molar-refractivity contribution in [2.45, 2.75) is 64.4 Å². The van der Waals surface area contributed by atoms with Crippen LogP contribution in [0.25, 0.3) is 0 Å². The first-order valence-electron chi connectivity index (χ1n) is 12.2. The summed E-state index contributed by atoms with van der Waals surface area (Å²) in [5.74, 6) is -2.14. The highest BCUT2D eigenvalue weighted by molar-refractivity contribution is 5.97. The van der Waals surface area contributed by atoms with E-state index in [9.17, 15) is 9.90 Å².